The molecule has 0 bridgehead atoms. The molecular formula is C13H10BrN3O2. The predicted molar refractivity (Wildman–Crippen MR) is 70.6 cm³/mol. The van der Waals surface area contributed by atoms with Crippen molar-refractivity contribution in [2.75, 3.05) is 0 Å². The minimum Gasteiger partial charge on any atom is -0.476 e. The summed E-state index contributed by atoms with van der Waals surface area (Å²) in [4.78, 5) is 15.6. The van der Waals surface area contributed by atoms with Crippen LogP contribution in [0.4, 0.5) is 0 Å². The monoisotopic (exact) mass is 319 g/mol. The summed E-state index contributed by atoms with van der Waals surface area (Å²) in [6, 6.07) is 3.73. The van der Waals surface area contributed by atoms with Gasteiger partial charge in [0, 0.05) is 22.2 Å². The van der Waals surface area contributed by atoms with E-state index in [4.69, 9.17) is 0 Å². The maximum Gasteiger partial charge on any atom is 0.356 e. The number of fused-ring (bicyclic) bond motifs is 3. The van der Waals surface area contributed by atoms with Crippen molar-refractivity contribution in [3.8, 4) is 5.82 Å². The lowest BCUT2D eigenvalue weighted by Gasteiger charge is -2.04. The third kappa shape index (κ3) is 1.56. The largest absolute Gasteiger partial charge is 0.476 e. The molecule has 1 N–H and O–H groups in total. The van der Waals surface area contributed by atoms with Crippen LogP contribution in [0.3, 0.4) is 0 Å². The van der Waals surface area contributed by atoms with Crippen LogP contribution in [-0.4, -0.2) is 25.8 Å². The Kier molecular flexibility index (Phi) is 2.15. The minimum absolute atomic E-state index is 0.187. The summed E-state index contributed by atoms with van der Waals surface area (Å²) in [6.45, 7) is 0. The molecule has 4 rings (SSSR count). The van der Waals surface area contributed by atoms with Gasteiger partial charge in [-0.2, -0.15) is 5.10 Å². The molecular weight excluding hydrogens is 310 g/mol. The Hall–Kier alpha value is -1.69. The highest BCUT2D eigenvalue weighted by molar-refractivity contribution is 9.10. The van der Waals surface area contributed by atoms with Crippen molar-refractivity contribution < 1.29 is 9.90 Å². The Morgan fingerprint density at radius 3 is 3.00 bits per heavy atom. The number of aromatic nitrogens is 3. The van der Waals surface area contributed by atoms with E-state index in [2.05, 4.69) is 26.0 Å². The molecule has 2 aliphatic rings. The van der Waals surface area contributed by atoms with Crippen LogP contribution in [0, 0.1) is 5.92 Å². The number of halogens is 1. The van der Waals surface area contributed by atoms with Gasteiger partial charge in [-0.1, -0.05) is 0 Å². The smallest absolute Gasteiger partial charge is 0.356 e. The molecule has 6 heteroatoms. The number of carbonyl (C=O) groups is 1. The fourth-order valence-electron chi connectivity index (χ4n) is 2.96. The van der Waals surface area contributed by atoms with Crippen molar-refractivity contribution in [3.05, 3.63) is 39.8 Å². The van der Waals surface area contributed by atoms with Gasteiger partial charge in [-0.15, -0.1) is 0 Å². The fraction of sp³-hybridized carbons (Fsp3) is 0.308. The van der Waals surface area contributed by atoms with Gasteiger partial charge < -0.3 is 5.11 Å². The summed E-state index contributed by atoms with van der Waals surface area (Å²) in [5.74, 6) is 0.821. The minimum atomic E-state index is -0.951. The first-order chi connectivity index (χ1) is 9.15. The number of nitrogens with zero attached hydrogens (tertiary/aromatic N) is 3. The van der Waals surface area contributed by atoms with Gasteiger partial charge in [-0.25, -0.2) is 14.5 Å². The average Bonchev–Trinajstić information content (AvgIpc) is 2.89. The first-order valence-corrected chi connectivity index (χ1v) is 6.91. The van der Waals surface area contributed by atoms with Gasteiger partial charge in [-0.3, -0.25) is 0 Å². The molecule has 2 atom stereocenters. The zero-order chi connectivity index (χ0) is 13.1. The van der Waals surface area contributed by atoms with Gasteiger partial charge in [0.05, 0.1) is 5.69 Å². The van der Waals surface area contributed by atoms with Gasteiger partial charge in [0.15, 0.2) is 11.5 Å². The van der Waals surface area contributed by atoms with Crippen molar-refractivity contribution in [1.82, 2.24) is 14.8 Å². The van der Waals surface area contributed by atoms with E-state index in [-0.39, 0.29) is 5.69 Å². The van der Waals surface area contributed by atoms with E-state index < -0.39 is 5.97 Å². The van der Waals surface area contributed by atoms with Crippen LogP contribution in [0.1, 0.15) is 34.1 Å². The van der Waals surface area contributed by atoms with Gasteiger partial charge in [0.2, 0.25) is 0 Å². The number of hydrogen-bond acceptors (Lipinski definition) is 3. The molecule has 0 saturated heterocycles. The van der Waals surface area contributed by atoms with E-state index in [9.17, 15) is 9.90 Å². The third-order valence-corrected chi connectivity index (χ3v) is 4.36. The molecule has 0 aliphatic heterocycles. The Labute approximate surface area is 117 Å². The van der Waals surface area contributed by atoms with Crippen molar-refractivity contribution in [1.29, 1.82) is 0 Å². The summed E-state index contributed by atoms with van der Waals surface area (Å²) in [5, 5.41) is 13.5. The lowest BCUT2D eigenvalue weighted by atomic mass is 10.1. The van der Waals surface area contributed by atoms with E-state index in [1.54, 1.807) is 10.9 Å². The summed E-state index contributed by atoms with van der Waals surface area (Å²) < 4.78 is 2.60. The van der Waals surface area contributed by atoms with Crippen LogP contribution in [0.25, 0.3) is 5.82 Å². The Balaban J connectivity index is 1.91. The normalized spacial score (nSPS) is 23.0. The molecule has 0 radical (unpaired) electrons. The van der Waals surface area contributed by atoms with Crippen LogP contribution in [0.15, 0.2) is 22.8 Å². The van der Waals surface area contributed by atoms with E-state index in [0.717, 1.165) is 28.6 Å². The maximum absolute atomic E-state index is 11.3. The SMILES string of the molecule is O=C(O)c1nn(-c2ccc(Br)cn2)c2c1C[C@@H]1C[C@H]21. The van der Waals surface area contributed by atoms with Crippen LogP contribution in [-0.2, 0) is 6.42 Å². The number of aromatic carboxylic acids is 1. The van der Waals surface area contributed by atoms with Crippen LogP contribution >= 0.6 is 15.9 Å². The topological polar surface area (TPSA) is 68.0 Å². The number of carboxylic acids is 1. The second kappa shape index (κ2) is 3.66. The van der Waals surface area contributed by atoms with Crippen molar-refractivity contribution in [2.24, 2.45) is 5.92 Å². The number of pyridine rings is 1. The van der Waals surface area contributed by atoms with Crippen molar-refractivity contribution >= 4 is 21.9 Å². The van der Waals surface area contributed by atoms with Gasteiger partial charge in [-0.05, 0) is 46.8 Å². The molecule has 96 valence electrons. The highest BCUT2D eigenvalue weighted by Crippen LogP contribution is 2.57. The van der Waals surface area contributed by atoms with Crippen LogP contribution < -0.4 is 0 Å². The molecule has 0 aromatic carbocycles. The predicted octanol–water partition coefficient (Wildman–Crippen LogP) is 2.39. The molecule has 1 saturated carbocycles. The molecule has 2 aromatic rings. The quantitative estimate of drug-likeness (QED) is 0.922. The molecule has 2 aliphatic carbocycles. The molecule has 5 nitrogen and oxygen atoms in total. The average molecular weight is 320 g/mol. The van der Waals surface area contributed by atoms with Crippen molar-refractivity contribution in [2.45, 2.75) is 18.8 Å². The molecule has 1 fully saturated rings. The molecule has 19 heavy (non-hydrogen) atoms. The van der Waals surface area contributed by atoms with Gasteiger partial charge >= 0.3 is 5.97 Å². The second-order valence-electron chi connectivity index (χ2n) is 5.07. The molecule has 0 amide bonds. The lowest BCUT2D eigenvalue weighted by Crippen LogP contribution is -2.05. The van der Waals surface area contributed by atoms with E-state index >= 15 is 0 Å². The van der Waals surface area contributed by atoms with Crippen LogP contribution in [0.5, 0.6) is 0 Å². The Morgan fingerprint density at radius 2 is 2.32 bits per heavy atom. The van der Waals surface area contributed by atoms with E-state index in [1.807, 2.05) is 12.1 Å². The zero-order valence-electron chi connectivity index (χ0n) is 9.88. The number of carboxylic acid groups (broad SMARTS) is 1. The van der Waals surface area contributed by atoms with Gasteiger partial charge in [0.1, 0.15) is 0 Å². The van der Waals surface area contributed by atoms with E-state index in [0.29, 0.717) is 17.7 Å². The Bertz CT molecular complexity index is 693. The number of rotatable bonds is 2. The third-order valence-electron chi connectivity index (χ3n) is 3.89. The summed E-state index contributed by atoms with van der Waals surface area (Å²) >= 11 is 3.34. The highest BCUT2D eigenvalue weighted by atomic mass is 79.9. The van der Waals surface area contributed by atoms with Crippen LogP contribution in [0.2, 0.25) is 0 Å². The molecule has 2 heterocycles. The summed E-state index contributed by atoms with van der Waals surface area (Å²) in [7, 11) is 0. The first kappa shape index (κ1) is 11.2. The molecule has 0 spiro atoms. The summed E-state index contributed by atoms with van der Waals surface area (Å²) in [6.07, 6.45) is 3.69. The highest BCUT2D eigenvalue weighted by Gasteiger charge is 2.50. The Morgan fingerprint density at radius 1 is 1.47 bits per heavy atom. The van der Waals surface area contributed by atoms with E-state index in [1.165, 1.54) is 0 Å². The zero-order valence-corrected chi connectivity index (χ0v) is 11.5. The number of hydrogen-bond donors (Lipinski definition) is 1. The summed E-state index contributed by atoms with van der Waals surface area (Å²) in [5.41, 5.74) is 2.14. The fourth-order valence-corrected chi connectivity index (χ4v) is 3.19. The maximum atomic E-state index is 11.3. The van der Waals surface area contributed by atoms with Gasteiger partial charge in [0.25, 0.3) is 0 Å². The standard InChI is InChI=1S/C13H10BrN3O2/c14-7-1-2-10(15-5-7)17-12-8-3-6(8)4-9(12)11(16-17)13(18)19/h1-2,5-6,8H,3-4H2,(H,18,19)/t6-,8-/m0/s1. The lowest BCUT2D eigenvalue weighted by molar-refractivity contribution is 0.0688. The first-order valence-electron chi connectivity index (χ1n) is 6.12. The van der Waals surface area contributed by atoms with Crippen molar-refractivity contribution in [3.63, 3.8) is 0 Å². The second-order valence-corrected chi connectivity index (χ2v) is 5.99. The molecule has 2 aromatic heterocycles. The molecule has 0 unspecified atom stereocenters.